The van der Waals surface area contributed by atoms with Crippen LogP contribution in [0.3, 0.4) is 0 Å². The van der Waals surface area contributed by atoms with E-state index in [-0.39, 0.29) is 11.8 Å². The molecule has 0 spiro atoms. The van der Waals surface area contributed by atoms with Crippen molar-refractivity contribution in [3.8, 4) is 0 Å². The Hall–Kier alpha value is -0.890. The normalized spacial score (nSPS) is 30.2. The average Bonchev–Trinajstić information content (AvgIpc) is 2.90. The van der Waals surface area contributed by atoms with Crippen LogP contribution < -0.4 is 0 Å². The predicted molar refractivity (Wildman–Crippen MR) is 71.9 cm³/mol. The quantitative estimate of drug-likeness (QED) is 0.762. The first kappa shape index (κ1) is 14.1. The van der Waals surface area contributed by atoms with Gasteiger partial charge in [-0.1, -0.05) is 23.2 Å². The zero-order valence-corrected chi connectivity index (χ0v) is 11.7. The van der Waals surface area contributed by atoms with Crippen LogP contribution in [-0.2, 0) is 4.74 Å². The summed E-state index contributed by atoms with van der Waals surface area (Å²) in [5.41, 5.74) is 1.02. The van der Waals surface area contributed by atoms with Crippen molar-refractivity contribution >= 4 is 28.8 Å². The zero-order valence-electron chi connectivity index (χ0n) is 10.1. The van der Waals surface area contributed by atoms with E-state index >= 15 is 0 Å². The molecule has 1 aliphatic heterocycles. The lowest BCUT2D eigenvalue weighted by Gasteiger charge is -2.17. The van der Waals surface area contributed by atoms with Crippen LogP contribution in [0.1, 0.15) is 11.8 Å². The highest BCUT2D eigenvalue weighted by molar-refractivity contribution is 6.31. The smallest absolute Gasteiger partial charge is 0.148 e. The predicted octanol–water partition coefficient (Wildman–Crippen LogP) is 0.795. The van der Waals surface area contributed by atoms with Gasteiger partial charge >= 0.3 is 0 Å². The Balaban J connectivity index is 2.10. The number of ether oxygens (including phenoxy) is 1. The lowest BCUT2D eigenvalue weighted by Crippen LogP contribution is -2.32. The molecule has 0 radical (unpaired) electrons. The second-order valence-corrected chi connectivity index (χ2v) is 5.47. The molecule has 6 nitrogen and oxygen atoms in total. The maximum Gasteiger partial charge on any atom is 0.148 e. The van der Waals surface area contributed by atoms with Gasteiger partial charge in [0.2, 0.25) is 0 Å². The molecular formula is C12H12Cl2N2O4. The molecule has 20 heavy (non-hydrogen) atoms. The van der Waals surface area contributed by atoms with Crippen molar-refractivity contribution in [3.63, 3.8) is 0 Å². The molecule has 0 aliphatic carbocycles. The number of rotatable bonds is 2. The molecule has 1 saturated heterocycles. The van der Waals surface area contributed by atoms with E-state index in [1.54, 1.807) is 22.7 Å². The Kier molecular flexibility index (Phi) is 3.62. The van der Waals surface area contributed by atoms with Crippen molar-refractivity contribution in [2.24, 2.45) is 0 Å². The van der Waals surface area contributed by atoms with Crippen LogP contribution in [0.25, 0.3) is 5.65 Å². The van der Waals surface area contributed by atoms with Crippen molar-refractivity contribution < 1.29 is 20.1 Å². The summed E-state index contributed by atoms with van der Waals surface area (Å²) < 4.78 is 7.13. The molecule has 2 aromatic heterocycles. The third-order valence-corrected chi connectivity index (χ3v) is 3.77. The fourth-order valence-electron chi connectivity index (χ4n) is 2.41. The highest BCUT2D eigenvalue weighted by atomic mass is 35.5. The van der Waals surface area contributed by atoms with Crippen molar-refractivity contribution in [2.45, 2.75) is 24.4 Å². The number of aliphatic hydroxyl groups excluding tert-OH is 3. The lowest BCUT2D eigenvalue weighted by atomic mass is 10.1. The molecule has 1 fully saturated rings. The van der Waals surface area contributed by atoms with E-state index < -0.39 is 24.4 Å². The fourth-order valence-corrected chi connectivity index (χ4v) is 2.81. The molecule has 0 saturated carbocycles. The summed E-state index contributed by atoms with van der Waals surface area (Å²) >= 11 is 11.9. The number of fused-ring (bicyclic) bond motifs is 1. The van der Waals surface area contributed by atoms with Gasteiger partial charge in [0.25, 0.3) is 0 Å². The van der Waals surface area contributed by atoms with Crippen LogP contribution >= 0.6 is 23.2 Å². The number of pyridine rings is 1. The topological polar surface area (TPSA) is 87.2 Å². The van der Waals surface area contributed by atoms with Gasteiger partial charge in [-0.2, -0.15) is 0 Å². The van der Waals surface area contributed by atoms with Gasteiger partial charge in [0.1, 0.15) is 35.2 Å². The number of hydrogen-bond acceptors (Lipinski definition) is 5. The summed E-state index contributed by atoms with van der Waals surface area (Å²) in [5, 5.41) is 29.7. The lowest BCUT2D eigenvalue weighted by molar-refractivity contribution is -0.0242. The Bertz CT molecular complexity index is 648. The molecule has 0 bridgehead atoms. The van der Waals surface area contributed by atoms with Crippen molar-refractivity contribution in [2.75, 3.05) is 6.61 Å². The van der Waals surface area contributed by atoms with Crippen molar-refractivity contribution in [3.05, 3.63) is 34.2 Å². The summed E-state index contributed by atoms with van der Waals surface area (Å²) in [6, 6.07) is 3.23. The third kappa shape index (κ3) is 2.18. The molecule has 2 aromatic rings. The maximum absolute atomic E-state index is 10.1. The van der Waals surface area contributed by atoms with Crippen LogP contribution in [0.15, 0.2) is 18.3 Å². The molecule has 1 aliphatic rings. The number of imidazole rings is 1. The van der Waals surface area contributed by atoms with E-state index in [4.69, 9.17) is 33.0 Å². The van der Waals surface area contributed by atoms with Gasteiger partial charge in [-0.15, -0.1) is 0 Å². The maximum atomic E-state index is 10.1. The molecule has 3 rings (SSSR count). The van der Waals surface area contributed by atoms with Crippen LogP contribution in [0.4, 0.5) is 0 Å². The van der Waals surface area contributed by atoms with Gasteiger partial charge < -0.3 is 20.1 Å². The molecule has 0 aromatic carbocycles. The Morgan fingerprint density at radius 2 is 2.00 bits per heavy atom. The van der Waals surface area contributed by atoms with Gasteiger partial charge in [-0.3, -0.25) is 4.40 Å². The van der Waals surface area contributed by atoms with Gasteiger partial charge in [-0.25, -0.2) is 4.98 Å². The van der Waals surface area contributed by atoms with Crippen molar-refractivity contribution in [1.82, 2.24) is 9.38 Å². The van der Waals surface area contributed by atoms with E-state index in [1.165, 1.54) is 0 Å². The zero-order chi connectivity index (χ0) is 14.4. The number of hydrogen-bond donors (Lipinski definition) is 3. The first-order valence-corrected chi connectivity index (χ1v) is 6.73. The Morgan fingerprint density at radius 3 is 2.65 bits per heavy atom. The highest BCUT2D eigenvalue weighted by Gasteiger charge is 2.44. The van der Waals surface area contributed by atoms with Crippen molar-refractivity contribution in [1.29, 1.82) is 0 Å². The highest BCUT2D eigenvalue weighted by Crippen LogP contribution is 2.35. The first-order valence-electron chi connectivity index (χ1n) is 5.97. The molecule has 8 heteroatoms. The molecule has 1 unspecified atom stereocenters. The van der Waals surface area contributed by atoms with Gasteiger partial charge in [-0.05, 0) is 6.07 Å². The summed E-state index contributed by atoms with van der Waals surface area (Å²) in [5.74, 6) is 0. The minimum atomic E-state index is -1.17. The second-order valence-electron chi connectivity index (χ2n) is 4.65. The number of aliphatic hydroxyl groups is 3. The summed E-state index contributed by atoms with van der Waals surface area (Å²) in [6.45, 7) is -0.386. The molecule has 3 N–H and O–H groups in total. The van der Waals surface area contributed by atoms with E-state index in [0.29, 0.717) is 16.4 Å². The minimum absolute atomic E-state index is 0.278. The standard InChI is InChI=1S/C12H12Cl2N2O4/c13-5-1-6(16-3-8(14)15-9(16)2-5)12-11(19)10(18)7(4-17)20-12/h1-3,7,10-12,17-19H,4H2/t7-,10+,11+,12?/m1/s1. The molecule has 4 atom stereocenters. The van der Waals surface area contributed by atoms with E-state index in [1.807, 2.05) is 0 Å². The number of nitrogens with zero attached hydrogens (tertiary/aromatic N) is 2. The second kappa shape index (κ2) is 5.14. The Morgan fingerprint density at radius 1 is 1.25 bits per heavy atom. The largest absolute Gasteiger partial charge is 0.394 e. The van der Waals surface area contributed by atoms with Crippen LogP contribution in [-0.4, -0.2) is 49.6 Å². The number of aromatic nitrogens is 2. The number of halogens is 2. The van der Waals surface area contributed by atoms with E-state index in [0.717, 1.165) is 0 Å². The summed E-state index contributed by atoms with van der Waals surface area (Å²) in [6.07, 6.45) is -2.44. The Labute approximate surface area is 124 Å². The van der Waals surface area contributed by atoms with Gasteiger partial charge in [0.15, 0.2) is 0 Å². The summed E-state index contributed by atoms with van der Waals surface area (Å²) in [4.78, 5) is 4.08. The fraction of sp³-hybridized carbons (Fsp3) is 0.417. The average molecular weight is 319 g/mol. The summed E-state index contributed by atoms with van der Waals surface area (Å²) in [7, 11) is 0. The molecular weight excluding hydrogens is 307 g/mol. The van der Waals surface area contributed by atoms with Gasteiger partial charge in [0, 0.05) is 17.3 Å². The van der Waals surface area contributed by atoms with Crippen LogP contribution in [0.2, 0.25) is 10.2 Å². The third-order valence-electron chi connectivity index (χ3n) is 3.37. The molecule has 108 valence electrons. The minimum Gasteiger partial charge on any atom is -0.394 e. The van der Waals surface area contributed by atoms with E-state index in [2.05, 4.69) is 4.98 Å². The van der Waals surface area contributed by atoms with Gasteiger partial charge in [0.05, 0.1) is 12.3 Å². The molecule has 3 heterocycles. The monoisotopic (exact) mass is 318 g/mol. The van der Waals surface area contributed by atoms with E-state index in [9.17, 15) is 10.2 Å². The van der Waals surface area contributed by atoms with Crippen LogP contribution in [0.5, 0.6) is 0 Å². The van der Waals surface area contributed by atoms with Crippen LogP contribution in [0, 0.1) is 0 Å². The SMILES string of the molecule is OC[C@H]1OC(c2cc(Cl)cc3nc(Cl)cn23)[C@@H](O)[C@H]1O. The molecule has 0 amide bonds. The first-order chi connectivity index (χ1) is 9.51.